The lowest BCUT2D eigenvalue weighted by Crippen LogP contribution is -2.27. The van der Waals surface area contributed by atoms with Crippen molar-refractivity contribution in [3.63, 3.8) is 0 Å². The highest BCUT2D eigenvalue weighted by atomic mass is 32.2. The molecule has 1 amide bonds. The van der Waals surface area contributed by atoms with Crippen molar-refractivity contribution in [3.05, 3.63) is 70.8 Å². The molecule has 0 aliphatic carbocycles. The zero-order valence-corrected chi connectivity index (χ0v) is 17.0. The summed E-state index contributed by atoms with van der Waals surface area (Å²) in [6.07, 6.45) is -3.74. The van der Waals surface area contributed by atoms with Gasteiger partial charge < -0.3 is 5.32 Å². The maximum absolute atomic E-state index is 13.1. The van der Waals surface area contributed by atoms with Crippen LogP contribution in [0.2, 0.25) is 0 Å². The summed E-state index contributed by atoms with van der Waals surface area (Å²) in [6, 6.07) is 13.3. The Morgan fingerprint density at radius 3 is 2.52 bits per heavy atom. The number of carbonyl (C=O) groups excluding carboxylic acids is 1. The summed E-state index contributed by atoms with van der Waals surface area (Å²) < 4.78 is 39.2. The molecule has 0 saturated heterocycles. The number of hydrogen-bond donors (Lipinski definition) is 1. The zero-order chi connectivity index (χ0) is 21.0. The minimum atomic E-state index is -4.44. The van der Waals surface area contributed by atoms with E-state index in [-0.39, 0.29) is 11.4 Å². The fourth-order valence-electron chi connectivity index (χ4n) is 3.14. The van der Waals surface area contributed by atoms with E-state index in [9.17, 15) is 18.0 Å². The number of rotatable bonds is 6. The van der Waals surface area contributed by atoms with E-state index in [4.69, 9.17) is 0 Å². The standard InChI is InChI=1S/C22H21F3N2OS/c1-3-29-21-19(20(28)26-12-11-15-7-5-4-6-8-15)14(2)17-10-9-16(22(23,24)25)13-18(17)27-21/h4-10,13H,3,11-12H2,1-2H3,(H,26,28). The second-order valence-corrected chi connectivity index (χ2v) is 7.82. The first-order valence-electron chi connectivity index (χ1n) is 9.27. The Kier molecular flexibility index (Phi) is 6.47. The molecule has 152 valence electrons. The number of nitrogens with one attached hydrogen (secondary N) is 1. The van der Waals surface area contributed by atoms with Gasteiger partial charge in [0.25, 0.3) is 5.91 Å². The van der Waals surface area contributed by atoms with Crippen molar-refractivity contribution in [1.29, 1.82) is 0 Å². The predicted octanol–water partition coefficient (Wildman–Crippen LogP) is 5.65. The van der Waals surface area contributed by atoms with Crippen LogP contribution in [0.25, 0.3) is 10.9 Å². The van der Waals surface area contributed by atoms with E-state index in [2.05, 4.69) is 10.3 Å². The summed E-state index contributed by atoms with van der Waals surface area (Å²) in [4.78, 5) is 17.3. The quantitative estimate of drug-likeness (QED) is 0.526. The number of aromatic nitrogens is 1. The number of carbonyl (C=O) groups is 1. The average molecular weight is 418 g/mol. The van der Waals surface area contributed by atoms with Crippen LogP contribution < -0.4 is 5.32 Å². The first kappa shape index (κ1) is 21.2. The summed E-state index contributed by atoms with van der Waals surface area (Å²) in [5.41, 5.74) is 1.68. The topological polar surface area (TPSA) is 42.0 Å². The Hall–Kier alpha value is -2.54. The molecule has 0 fully saturated rings. The Morgan fingerprint density at radius 2 is 1.86 bits per heavy atom. The molecule has 2 aromatic carbocycles. The smallest absolute Gasteiger partial charge is 0.352 e. The van der Waals surface area contributed by atoms with Gasteiger partial charge >= 0.3 is 6.18 Å². The highest BCUT2D eigenvalue weighted by Crippen LogP contribution is 2.34. The summed E-state index contributed by atoms with van der Waals surface area (Å²) in [5, 5.41) is 3.92. The lowest BCUT2D eigenvalue weighted by molar-refractivity contribution is -0.137. The van der Waals surface area contributed by atoms with Gasteiger partial charge in [-0.05, 0) is 42.4 Å². The van der Waals surface area contributed by atoms with Gasteiger partial charge in [0.15, 0.2) is 0 Å². The van der Waals surface area contributed by atoms with Crippen LogP contribution in [0, 0.1) is 6.92 Å². The second kappa shape index (κ2) is 8.86. The van der Waals surface area contributed by atoms with Gasteiger partial charge in [-0.1, -0.05) is 43.3 Å². The van der Waals surface area contributed by atoms with Gasteiger partial charge in [-0.2, -0.15) is 13.2 Å². The van der Waals surface area contributed by atoms with E-state index < -0.39 is 11.7 Å². The number of alkyl halides is 3. The normalized spacial score (nSPS) is 11.6. The maximum Gasteiger partial charge on any atom is 0.416 e. The number of aryl methyl sites for hydroxylation is 1. The molecule has 0 bridgehead atoms. The molecule has 1 aromatic heterocycles. The minimum absolute atomic E-state index is 0.245. The molecule has 0 spiro atoms. The largest absolute Gasteiger partial charge is 0.416 e. The van der Waals surface area contributed by atoms with Crippen LogP contribution in [0.1, 0.15) is 34.0 Å². The first-order valence-corrected chi connectivity index (χ1v) is 10.3. The summed E-state index contributed by atoms with van der Waals surface area (Å²) in [6.45, 7) is 4.13. The molecule has 1 heterocycles. The van der Waals surface area contributed by atoms with E-state index in [1.165, 1.54) is 17.8 Å². The van der Waals surface area contributed by atoms with Gasteiger partial charge in [0.1, 0.15) is 5.03 Å². The molecule has 3 aromatic rings. The van der Waals surface area contributed by atoms with Crippen molar-refractivity contribution in [2.45, 2.75) is 31.5 Å². The lowest BCUT2D eigenvalue weighted by atomic mass is 10.0. The number of fused-ring (bicyclic) bond motifs is 1. The van der Waals surface area contributed by atoms with Gasteiger partial charge in [0.2, 0.25) is 0 Å². The third-order valence-electron chi connectivity index (χ3n) is 4.59. The molecule has 0 atom stereocenters. The lowest BCUT2D eigenvalue weighted by Gasteiger charge is -2.15. The van der Waals surface area contributed by atoms with Gasteiger partial charge in [-0.3, -0.25) is 4.79 Å². The number of pyridine rings is 1. The molecule has 0 saturated carbocycles. The van der Waals surface area contributed by atoms with Crippen LogP contribution in [0.5, 0.6) is 0 Å². The minimum Gasteiger partial charge on any atom is -0.352 e. The van der Waals surface area contributed by atoms with Crippen LogP contribution >= 0.6 is 11.8 Å². The zero-order valence-electron chi connectivity index (χ0n) is 16.1. The Balaban J connectivity index is 1.91. The number of amides is 1. The van der Waals surface area contributed by atoms with Gasteiger partial charge in [0, 0.05) is 11.9 Å². The van der Waals surface area contributed by atoms with Crippen molar-refractivity contribution >= 4 is 28.6 Å². The molecule has 0 aliphatic heterocycles. The highest BCUT2D eigenvalue weighted by Gasteiger charge is 2.31. The molecule has 29 heavy (non-hydrogen) atoms. The molecule has 1 N–H and O–H groups in total. The maximum atomic E-state index is 13.1. The van der Waals surface area contributed by atoms with Gasteiger partial charge in [-0.25, -0.2) is 4.98 Å². The van der Waals surface area contributed by atoms with Gasteiger partial charge in [0.05, 0.1) is 16.6 Å². The first-order chi connectivity index (χ1) is 13.8. The van der Waals surface area contributed by atoms with E-state index in [0.717, 1.165) is 17.7 Å². The number of halogens is 3. The van der Waals surface area contributed by atoms with Crippen molar-refractivity contribution in [2.75, 3.05) is 12.3 Å². The third-order valence-corrected chi connectivity index (χ3v) is 5.45. The molecule has 3 nitrogen and oxygen atoms in total. The molecule has 0 aliphatic rings. The number of hydrogen-bond acceptors (Lipinski definition) is 3. The second-order valence-electron chi connectivity index (χ2n) is 6.57. The molecule has 3 rings (SSSR count). The molecular formula is C22H21F3N2OS. The van der Waals surface area contributed by atoms with Crippen LogP contribution in [-0.4, -0.2) is 23.2 Å². The number of thioether (sulfide) groups is 1. The molecule has 7 heteroatoms. The van der Waals surface area contributed by atoms with E-state index in [1.807, 2.05) is 37.3 Å². The number of nitrogens with zero attached hydrogens (tertiary/aromatic N) is 1. The fraction of sp³-hybridized carbons (Fsp3) is 0.273. The van der Waals surface area contributed by atoms with E-state index in [0.29, 0.717) is 40.3 Å². The van der Waals surface area contributed by atoms with Crippen molar-refractivity contribution in [2.24, 2.45) is 0 Å². The number of benzene rings is 2. The Labute approximate surface area is 171 Å². The van der Waals surface area contributed by atoms with Crippen LogP contribution in [0.15, 0.2) is 53.6 Å². The Morgan fingerprint density at radius 1 is 1.14 bits per heavy atom. The van der Waals surface area contributed by atoms with Crippen LogP contribution in [0.3, 0.4) is 0 Å². The summed E-state index contributed by atoms with van der Waals surface area (Å²) in [5.74, 6) is 0.393. The third kappa shape index (κ3) is 4.90. The van der Waals surface area contributed by atoms with Crippen molar-refractivity contribution < 1.29 is 18.0 Å². The molecule has 0 unspecified atom stereocenters. The van der Waals surface area contributed by atoms with E-state index >= 15 is 0 Å². The van der Waals surface area contributed by atoms with Gasteiger partial charge in [-0.15, -0.1) is 11.8 Å². The van der Waals surface area contributed by atoms with E-state index in [1.54, 1.807) is 6.92 Å². The monoisotopic (exact) mass is 418 g/mol. The van der Waals surface area contributed by atoms with Crippen molar-refractivity contribution in [3.8, 4) is 0 Å². The van der Waals surface area contributed by atoms with Crippen LogP contribution in [0.4, 0.5) is 13.2 Å². The Bertz CT molecular complexity index is 1020. The highest BCUT2D eigenvalue weighted by molar-refractivity contribution is 7.99. The average Bonchev–Trinajstić information content (AvgIpc) is 2.68. The van der Waals surface area contributed by atoms with Crippen molar-refractivity contribution in [1.82, 2.24) is 10.3 Å². The predicted molar refractivity (Wildman–Crippen MR) is 110 cm³/mol. The molecular weight excluding hydrogens is 397 g/mol. The summed E-state index contributed by atoms with van der Waals surface area (Å²) >= 11 is 1.35. The fourth-order valence-corrected chi connectivity index (χ4v) is 3.97. The SMILES string of the molecule is CCSc1nc2cc(C(F)(F)F)ccc2c(C)c1C(=O)NCCc1ccccc1. The summed E-state index contributed by atoms with van der Waals surface area (Å²) in [7, 11) is 0. The molecule has 0 radical (unpaired) electrons. The van der Waals surface area contributed by atoms with Crippen LogP contribution in [-0.2, 0) is 12.6 Å².